The molecule has 1 aliphatic rings. The third kappa shape index (κ3) is 4.88. The molecule has 0 amide bonds. The van der Waals surface area contributed by atoms with Crippen molar-refractivity contribution in [2.45, 2.75) is 38.7 Å². The van der Waals surface area contributed by atoms with Crippen LogP contribution in [0.25, 0.3) is 0 Å². The molecule has 100 valence electrons. The third-order valence-corrected chi connectivity index (χ3v) is 3.13. The second-order valence-corrected chi connectivity index (χ2v) is 4.78. The van der Waals surface area contributed by atoms with Crippen LogP contribution in [0.3, 0.4) is 0 Å². The molecule has 0 aromatic carbocycles. The number of rotatable bonds is 5. The first kappa shape index (κ1) is 14.7. The lowest BCUT2D eigenvalue weighted by molar-refractivity contribution is -0.145. The Labute approximate surface area is 109 Å². The van der Waals surface area contributed by atoms with Crippen molar-refractivity contribution in [1.82, 2.24) is 0 Å². The summed E-state index contributed by atoms with van der Waals surface area (Å²) in [5, 5.41) is 0. The van der Waals surface area contributed by atoms with E-state index in [0.717, 1.165) is 31.3 Å². The Morgan fingerprint density at radius 2 is 1.78 bits per heavy atom. The minimum Gasteiger partial charge on any atom is -0.427 e. The quantitative estimate of drug-likeness (QED) is 0.426. The molecular weight excluding hydrogens is 228 g/mol. The highest BCUT2D eigenvalue weighted by Crippen LogP contribution is 2.27. The van der Waals surface area contributed by atoms with Crippen molar-refractivity contribution in [2.75, 3.05) is 7.11 Å². The van der Waals surface area contributed by atoms with E-state index in [0.29, 0.717) is 11.9 Å². The van der Waals surface area contributed by atoms with E-state index in [4.69, 9.17) is 9.47 Å². The van der Waals surface area contributed by atoms with Gasteiger partial charge in [0.15, 0.2) is 0 Å². The van der Waals surface area contributed by atoms with Gasteiger partial charge in [0.25, 0.3) is 0 Å². The van der Waals surface area contributed by atoms with Gasteiger partial charge in [-0.3, -0.25) is 4.79 Å². The van der Waals surface area contributed by atoms with Crippen LogP contribution in [0.1, 0.15) is 32.6 Å². The highest BCUT2D eigenvalue weighted by molar-refractivity contribution is 5.73. The van der Waals surface area contributed by atoms with Crippen molar-refractivity contribution in [3.05, 3.63) is 36.6 Å². The molecule has 0 spiro atoms. The highest BCUT2D eigenvalue weighted by Gasteiger charge is 2.27. The molecule has 0 atom stereocenters. The van der Waals surface area contributed by atoms with Crippen LogP contribution in [0, 0.1) is 5.92 Å². The number of carbonyl (C=O) groups is 1. The van der Waals surface area contributed by atoms with Gasteiger partial charge in [-0.2, -0.15) is 0 Å². The van der Waals surface area contributed by atoms with Crippen LogP contribution < -0.4 is 0 Å². The lowest BCUT2D eigenvalue weighted by Crippen LogP contribution is -2.26. The molecule has 1 fully saturated rings. The van der Waals surface area contributed by atoms with Crippen LogP contribution in [0.4, 0.5) is 0 Å². The molecule has 0 unspecified atom stereocenters. The normalized spacial score (nSPS) is 23.9. The van der Waals surface area contributed by atoms with E-state index < -0.39 is 0 Å². The van der Waals surface area contributed by atoms with Crippen LogP contribution in [-0.4, -0.2) is 19.2 Å². The Balaban J connectivity index is 2.37. The van der Waals surface area contributed by atoms with E-state index in [2.05, 4.69) is 13.2 Å². The summed E-state index contributed by atoms with van der Waals surface area (Å²) in [5.41, 5.74) is 0.896. The molecule has 18 heavy (non-hydrogen) atoms. The molecule has 0 N–H and O–H groups in total. The topological polar surface area (TPSA) is 35.5 Å². The fourth-order valence-corrected chi connectivity index (χ4v) is 2.02. The molecule has 1 saturated carbocycles. The lowest BCUT2D eigenvalue weighted by Gasteiger charge is -2.26. The Bertz CT molecular complexity index is 347. The molecule has 0 aliphatic heterocycles. The number of carbonyl (C=O) groups excluding carboxylic acids is 1. The van der Waals surface area contributed by atoms with Gasteiger partial charge in [0.1, 0.15) is 5.76 Å². The number of hydrogen-bond donors (Lipinski definition) is 0. The molecule has 0 aromatic rings. The summed E-state index contributed by atoms with van der Waals surface area (Å²) >= 11 is 0. The Kier molecular flexibility index (Phi) is 5.86. The van der Waals surface area contributed by atoms with Crippen LogP contribution in [0.2, 0.25) is 0 Å². The van der Waals surface area contributed by atoms with Crippen LogP contribution in [-0.2, 0) is 14.3 Å². The zero-order valence-electron chi connectivity index (χ0n) is 11.3. The minimum atomic E-state index is -0.180. The SMILES string of the molecule is C=C(C)/C=C\C(=C)OC(=O)C1CCC(OC)CC1. The molecule has 3 nitrogen and oxygen atoms in total. The van der Waals surface area contributed by atoms with Gasteiger partial charge < -0.3 is 9.47 Å². The van der Waals surface area contributed by atoms with Crippen molar-refractivity contribution in [3.63, 3.8) is 0 Å². The van der Waals surface area contributed by atoms with Gasteiger partial charge in [-0.05, 0) is 38.7 Å². The molecule has 1 aliphatic carbocycles. The van der Waals surface area contributed by atoms with Crippen molar-refractivity contribution in [3.8, 4) is 0 Å². The average molecular weight is 250 g/mol. The summed E-state index contributed by atoms with van der Waals surface area (Å²) in [4.78, 5) is 11.9. The maximum absolute atomic E-state index is 11.9. The second kappa shape index (κ2) is 7.17. The fraction of sp³-hybridized carbons (Fsp3) is 0.533. The molecule has 0 saturated heterocycles. The highest BCUT2D eigenvalue weighted by atomic mass is 16.5. The fourth-order valence-electron chi connectivity index (χ4n) is 2.02. The zero-order chi connectivity index (χ0) is 13.5. The maximum atomic E-state index is 11.9. The van der Waals surface area contributed by atoms with Gasteiger partial charge in [-0.15, -0.1) is 0 Å². The predicted molar refractivity (Wildman–Crippen MR) is 71.9 cm³/mol. The monoisotopic (exact) mass is 250 g/mol. The van der Waals surface area contributed by atoms with Crippen molar-refractivity contribution in [2.24, 2.45) is 5.92 Å². The molecule has 0 heterocycles. The van der Waals surface area contributed by atoms with E-state index in [9.17, 15) is 4.79 Å². The van der Waals surface area contributed by atoms with Crippen LogP contribution >= 0.6 is 0 Å². The Morgan fingerprint density at radius 3 is 2.28 bits per heavy atom. The largest absolute Gasteiger partial charge is 0.427 e. The van der Waals surface area contributed by atoms with Gasteiger partial charge in [-0.1, -0.05) is 24.8 Å². The average Bonchev–Trinajstić information content (AvgIpc) is 2.36. The summed E-state index contributed by atoms with van der Waals surface area (Å²) in [7, 11) is 1.72. The van der Waals surface area contributed by atoms with Gasteiger partial charge >= 0.3 is 5.97 Å². The number of hydrogen-bond acceptors (Lipinski definition) is 3. The number of esters is 1. The second-order valence-electron chi connectivity index (χ2n) is 4.78. The van der Waals surface area contributed by atoms with Crippen molar-refractivity contribution in [1.29, 1.82) is 0 Å². The van der Waals surface area contributed by atoms with Gasteiger partial charge in [0.05, 0.1) is 12.0 Å². The first-order valence-electron chi connectivity index (χ1n) is 6.30. The molecule has 0 aromatic heterocycles. The minimum absolute atomic E-state index is 0.0219. The van der Waals surface area contributed by atoms with Crippen molar-refractivity contribution >= 4 is 5.97 Å². The van der Waals surface area contributed by atoms with Gasteiger partial charge in [-0.25, -0.2) is 0 Å². The van der Waals surface area contributed by atoms with Gasteiger partial charge in [0, 0.05) is 7.11 Å². The Hall–Kier alpha value is -1.35. The van der Waals surface area contributed by atoms with Crippen LogP contribution in [0.15, 0.2) is 36.6 Å². The summed E-state index contributed by atoms with van der Waals surface area (Å²) in [6, 6.07) is 0. The van der Waals surface area contributed by atoms with E-state index >= 15 is 0 Å². The summed E-state index contributed by atoms with van der Waals surface area (Å²) < 4.78 is 10.5. The van der Waals surface area contributed by atoms with Gasteiger partial charge in [0.2, 0.25) is 0 Å². The van der Waals surface area contributed by atoms with E-state index in [1.165, 1.54) is 0 Å². The maximum Gasteiger partial charge on any atom is 0.314 e. The number of methoxy groups -OCH3 is 1. The first-order chi connectivity index (χ1) is 8.52. The molecule has 0 bridgehead atoms. The van der Waals surface area contributed by atoms with Crippen molar-refractivity contribution < 1.29 is 14.3 Å². The van der Waals surface area contributed by atoms with E-state index in [1.54, 1.807) is 19.3 Å². The zero-order valence-corrected chi connectivity index (χ0v) is 11.3. The number of allylic oxidation sites excluding steroid dienone is 3. The smallest absolute Gasteiger partial charge is 0.314 e. The molecule has 1 rings (SSSR count). The lowest BCUT2D eigenvalue weighted by atomic mass is 9.87. The molecule has 3 heteroatoms. The number of ether oxygens (including phenoxy) is 2. The standard InChI is InChI=1S/C15H22O3/c1-11(2)5-6-12(3)18-15(16)13-7-9-14(17-4)10-8-13/h5-6,13-14H,1,3,7-10H2,2,4H3/b6-5-. The van der Waals surface area contributed by atoms with E-state index in [1.807, 2.05) is 6.92 Å². The Morgan fingerprint density at radius 1 is 1.17 bits per heavy atom. The summed E-state index contributed by atoms with van der Waals surface area (Å²) in [6.45, 7) is 9.30. The van der Waals surface area contributed by atoms with E-state index in [-0.39, 0.29) is 11.9 Å². The predicted octanol–water partition coefficient (Wildman–Crippen LogP) is 3.38. The molecule has 0 radical (unpaired) electrons. The van der Waals surface area contributed by atoms with Crippen LogP contribution in [0.5, 0.6) is 0 Å². The third-order valence-electron chi connectivity index (χ3n) is 3.13. The summed E-state index contributed by atoms with van der Waals surface area (Å²) in [6.07, 6.45) is 7.23. The first-order valence-corrected chi connectivity index (χ1v) is 6.30. The summed E-state index contributed by atoms with van der Waals surface area (Å²) in [5.74, 6) is 0.171. The molecular formula is C15H22O3.